The number of anilines is 2. The molecule has 0 unspecified atom stereocenters. The third-order valence-electron chi connectivity index (χ3n) is 5.50. The molecule has 0 fully saturated rings. The lowest BCUT2D eigenvalue weighted by Gasteiger charge is -2.29. The number of nitrogens with one attached hydrogen (secondary N) is 1. The molecule has 0 radical (unpaired) electrons. The maximum Gasteiger partial charge on any atom is 0.163 e. The van der Waals surface area contributed by atoms with Gasteiger partial charge in [-0.1, -0.05) is 6.07 Å². The lowest BCUT2D eigenvalue weighted by molar-refractivity contribution is 0.240. The number of pyridine rings is 2. The van der Waals surface area contributed by atoms with Gasteiger partial charge in [-0.2, -0.15) is 0 Å². The van der Waals surface area contributed by atoms with Crippen LogP contribution in [0.15, 0.2) is 67.0 Å². The molecule has 5 rings (SSSR count). The third kappa shape index (κ3) is 4.48. The Balaban J connectivity index is 1.49. The molecule has 1 aliphatic rings. The van der Waals surface area contributed by atoms with Crippen LogP contribution in [0, 0.1) is 12.7 Å². The molecular weight excluding hydrogens is 403 g/mol. The lowest BCUT2D eigenvalue weighted by Crippen LogP contribution is -2.32. The van der Waals surface area contributed by atoms with Gasteiger partial charge >= 0.3 is 0 Å². The first-order valence-corrected chi connectivity index (χ1v) is 10.6. The minimum absolute atomic E-state index is 0.270. The molecule has 1 aromatic carbocycles. The van der Waals surface area contributed by atoms with Crippen molar-refractivity contribution >= 4 is 11.5 Å². The highest BCUT2D eigenvalue weighted by Crippen LogP contribution is 2.29. The van der Waals surface area contributed by atoms with Gasteiger partial charge in [-0.3, -0.25) is 14.9 Å². The summed E-state index contributed by atoms with van der Waals surface area (Å²) < 4.78 is 13.4. The molecule has 0 saturated carbocycles. The Kier molecular flexibility index (Phi) is 5.56. The molecule has 0 aliphatic carbocycles. The molecule has 4 aromatic rings. The molecule has 32 heavy (non-hydrogen) atoms. The summed E-state index contributed by atoms with van der Waals surface area (Å²) in [7, 11) is 0. The predicted octanol–water partition coefficient (Wildman–Crippen LogP) is 4.68. The van der Waals surface area contributed by atoms with E-state index in [1.165, 1.54) is 12.1 Å². The zero-order chi connectivity index (χ0) is 21.9. The zero-order valence-corrected chi connectivity index (χ0v) is 17.8. The highest BCUT2D eigenvalue weighted by atomic mass is 19.1. The van der Waals surface area contributed by atoms with E-state index in [1.54, 1.807) is 24.5 Å². The Bertz CT molecular complexity index is 1230. The van der Waals surface area contributed by atoms with Crippen LogP contribution in [0.2, 0.25) is 0 Å². The highest BCUT2D eigenvalue weighted by molar-refractivity contribution is 5.65. The molecule has 1 aliphatic heterocycles. The Morgan fingerprint density at radius 3 is 2.66 bits per heavy atom. The van der Waals surface area contributed by atoms with Gasteiger partial charge in [0.25, 0.3) is 0 Å². The minimum Gasteiger partial charge on any atom is -0.340 e. The van der Waals surface area contributed by atoms with E-state index in [0.29, 0.717) is 12.4 Å². The molecular formula is C25H23FN6. The molecule has 3 aromatic heterocycles. The number of hydrogen-bond acceptors (Lipinski definition) is 6. The van der Waals surface area contributed by atoms with Crippen molar-refractivity contribution in [1.82, 2.24) is 24.8 Å². The van der Waals surface area contributed by atoms with Gasteiger partial charge in [0.15, 0.2) is 5.82 Å². The van der Waals surface area contributed by atoms with Crippen LogP contribution in [0.5, 0.6) is 0 Å². The van der Waals surface area contributed by atoms with Gasteiger partial charge in [-0.05, 0) is 55.5 Å². The second-order valence-corrected chi connectivity index (χ2v) is 7.93. The van der Waals surface area contributed by atoms with E-state index in [4.69, 9.17) is 9.97 Å². The molecule has 6 nitrogen and oxygen atoms in total. The number of halogens is 1. The fraction of sp³-hybridized carbons (Fsp3) is 0.200. The van der Waals surface area contributed by atoms with Crippen LogP contribution in [0.25, 0.3) is 11.4 Å². The summed E-state index contributed by atoms with van der Waals surface area (Å²) in [5.41, 5.74) is 5.79. The zero-order valence-electron chi connectivity index (χ0n) is 17.8. The lowest BCUT2D eigenvalue weighted by atomic mass is 10.0. The van der Waals surface area contributed by atoms with Crippen molar-refractivity contribution in [2.75, 3.05) is 11.9 Å². The van der Waals surface area contributed by atoms with Crippen molar-refractivity contribution in [2.45, 2.75) is 26.4 Å². The fourth-order valence-corrected chi connectivity index (χ4v) is 3.92. The van der Waals surface area contributed by atoms with E-state index in [0.717, 1.165) is 59.2 Å². The van der Waals surface area contributed by atoms with Crippen molar-refractivity contribution in [3.63, 3.8) is 0 Å². The van der Waals surface area contributed by atoms with Gasteiger partial charge in [-0.15, -0.1) is 0 Å². The van der Waals surface area contributed by atoms with Crippen LogP contribution < -0.4 is 5.32 Å². The number of benzene rings is 1. The van der Waals surface area contributed by atoms with Gasteiger partial charge in [-0.25, -0.2) is 14.4 Å². The molecule has 160 valence electrons. The topological polar surface area (TPSA) is 66.8 Å². The largest absolute Gasteiger partial charge is 0.340 e. The normalized spacial score (nSPS) is 13.6. The van der Waals surface area contributed by atoms with Crippen LogP contribution in [0.3, 0.4) is 0 Å². The van der Waals surface area contributed by atoms with Gasteiger partial charge in [0.2, 0.25) is 0 Å². The maximum absolute atomic E-state index is 13.4. The summed E-state index contributed by atoms with van der Waals surface area (Å²) in [4.78, 5) is 20.9. The fourth-order valence-electron chi connectivity index (χ4n) is 3.92. The Morgan fingerprint density at radius 2 is 1.88 bits per heavy atom. The summed E-state index contributed by atoms with van der Waals surface area (Å²) in [5, 5.41) is 3.38. The number of fused-ring (bicyclic) bond motifs is 1. The van der Waals surface area contributed by atoms with Crippen molar-refractivity contribution < 1.29 is 4.39 Å². The smallest absolute Gasteiger partial charge is 0.163 e. The van der Waals surface area contributed by atoms with Crippen molar-refractivity contribution in [1.29, 1.82) is 0 Å². The van der Waals surface area contributed by atoms with Crippen LogP contribution in [0.4, 0.5) is 15.9 Å². The Morgan fingerprint density at radius 1 is 1.00 bits per heavy atom. The quantitative estimate of drug-likeness (QED) is 0.500. The number of rotatable bonds is 5. The summed E-state index contributed by atoms with van der Waals surface area (Å²) in [6, 6.07) is 16.2. The standard InChI is InChI=1S/C25H23FN6/c1-17-4-2-6-21(28-17)15-32-13-11-23-22(16-32)25(29-20-9-7-19(26)8-10-20)31-24(30-23)18-5-3-12-27-14-18/h2-10,12,14H,11,13,15-16H2,1H3,(H,29,30,31). The molecule has 0 bridgehead atoms. The molecule has 0 atom stereocenters. The van der Waals surface area contributed by atoms with Gasteiger partial charge in [0.1, 0.15) is 11.6 Å². The summed E-state index contributed by atoms with van der Waals surface area (Å²) in [6.07, 6.45) is 4.31. The summed E-state index contributed by atoms with van der Waals surface area (Å²) in [6.45, 7) is 4.37. The predicted molar refractivity (Wildman–Crippen MR) is 122 cm³/mol. The number of aromatic nitrogens is 4. The highest BCUT2D eigenvalue weighted by Gasteiger charge is 2.23. The summed E-state index contributed by atoms with van der Waals surface area (Å²) in [5.74, 6) is 1.10. The first-order valence-electron chi connectivity index (χ1n) is 10.6. The minimum atomic E-state index is -0.270. The molecule has 1 N–H and O–H groups in total. The van der Waals surface area contributed by atoms with E-state index >= 15 is 0 Å². The van der Waals surface area contributed by atoms with Crippen molar-refractivity contribution in [2.24, 2.45) is 0 Å². The first kappa shape index (κ1) is 20.2. The van der Waals surface area contributed by atoms with E-state index in [9.17, 15) is 4.39 Å². The van der Waals surface area contributed by atoms with Crippen LogP contribution in [-0.2, 0) is 19.5 Å². The monoisotopic (exact) mass is 426 g/mol. The van der Waals surface area contributed by atoms with Gasteiger partial charge in [0, 0.05) is 61.0 Å². The second-order valence-electron chi connectivity index (χ2n) is 7.93. The van der Waals surface area contributed by atoms with Gasteiger partial charge < -0.3 is 5.32 Å². The number of nitrogens with zero attached hydrogens (tertiary/aromatic N) is 5. The van der Waals surface area contributed by atoms with E-state index < -0.39 is 0 Å². The van der Waals surface area contributed by atoms with Gasteiger partial charge in [0.05, 0.1) is 11.4 Å². The Labute approximate surface area is 186 Å². The molecule has 0 saturated heterocycles. The number of aryl methyl sites for hydroxylation is 1. The average Bonchev–Trinajstić information content (AvgIpc) is 2.81. The third-order valence-corrected chi connectivity index (χ3v) is 5.50. The van der Waals surface area contributed by atoms with Crippen LogP contribution in [0.1, 0.15) is 22.6 Å². The maximum atomic E-state index is 13.4. The van der Waals surface area contributed by atoms with E-state index in [2.05, 4.69) is 26.3 Å². The molecule has 7 heteroatoms. The van der Waals surface area contributed by atoms with Crippen molar-refractivity contribution in [3.05, 3.63) is 95.5 Å². The molecule has 0 amide bonds. The summed E-state index contributed by atoms with van der Waals surface area (Å²) >= 11 is 0. The Hall–Kier alpha value is -3.71. The second kappa shape index (κ2) is 8.80. The molecule has 4 heterocycles. The average molecular weight is 426 g/mol. The van der Waals surface area contributed by atoms with Crippen molar-refractivity contribution in [3.8, 4) is 11.4 Å². The van der Waals surface area contributed by atoms with E-state index in [1.807, 2.05) is 31.2 Å². The van der Waals surface area contributed by atoms with Crippen LogP contribution >= 0.6 is 0 Å². The number of hydrogen-bond donors (Lipinski definition) is 1. The SMILES string of the molecule is Cc1cccc(CN2CCc3nc(-c4cccnc4)nc(Nc4ccc(F)cc4)c3C2)n1. The molecule has 0 spiro atoms. The first-order chi connectivity index (χ1) is 15.6. The van der Waals surface area contributed by atoms with E-state index in [-0.39, 0.29) is 5.82 Å². The van der Waals surface area contributed by atoms with Crippen LogP contribution in [-0.4, -0.2) is 31.4 Å².